The third kappa shape index (κ3) is 3.09. The summed E-state index contributed by atoms with van der Waals surface area (Å²) in [7, 11) is 2.13. The van der Waals surface area contributed by atoms with Crippen LogP contribution in [-0.2, 0) is 20.1 Å². The maximum atomic E-state index is 4.86. The minimum atomic E-state index is 0.463. The maximum absolute atomic E-state index is 4.86. The van der Waals surface area contributed by atoms with E-state index in [0.717, 1.165) is 31.0 Å². The maximum Gasteiger partial charge on any atom is 0.123 e. The number of aromatic nitrogens is 4. The van der Waals surface area contributed by atoms with Crippen LogP contribution >= 0.6 is 0 Å². The summed E-state index contributed by atoms with van der Waals surface area (Å²) in [6, 6.07) is 8.95. The van der Waals surface area contributed by atoms with Crippen molar-refractivity contribution < 1.29 is 0 Å². The zero-order valence-corrected chi connectivity index (χ0v) is 15.4. The molecular weight excluding hydrogens is 310 g/mol. The van der Waals surface area contributed by atoms with Crippen molar-refractivity contribution in [2.75, 3.05) is 6.54 Å². The summed E-state index contributed by atoms with van der Waals surface area (Å²) in [5, 5.41) is 0. The Labute approximate surface area is 149 Å². The standard InChI is InChI=1S/C20H27N5/c1-15(2)20-21-10-12-25(20)13-16-7-6-11-24(16)14-19-22-17-8-4-5-9-18(17)23(19)3/h4-5,8-10,12,15-16H,6-7,11,13-14H2,1-3H3/t16-/m1/s1. The molecule has 5 heteroatoms. The largest absolute Gasteiger partial charge is 0.333 e. The van der Waals surface area contributed by atoms with Crippen LogP contribution in [0.3, 0.4) is 0 Å². The van der Waals surface area contributed by atoms with Crippen LogP contribution in [0.15, 0.2) is 36.7 Å². The van der Waals surface area contributed by atoms with Gasteiger partial charge in [-0.25, -0.2) is 9.97 Å². The molecule has 0 radical (unpaired) electrons. The molecule has 0 unspecified atom stereocenters. The molecule has 0 N–H and O–H groups in total. The molecule has 3 heterocycles. The Morgan fingerprint density at radius 2 is 2.08 bits per heavy atom. The molecule has 3 aromatic rings. The molecule has 132 valence electrons. The lowest BCUT2D eigenvalue weighted by Gasteiger charge is -2.25. The number of para-hydroxylation sites is 2. The van der Waals surface area contributed by atoms with Gasteiger partial charge in [-0.15, -0.1) is 0 Å². The lowest BCUT2D eigenvalue weighted by molar-refractivity contribution is 0.216. The number of nitrogens with zero attached hydrogens (tertiary/aromatic N) is 5. The normalized spacial score (nSPS) is 18.6. The van der Waals surface area contributed by atoms with Crippen molar-refractivity contribution in [2.45, 2.75) is 51.7 Å². The summed E-state index contributed by atoms with van der Waals surface area (Å²) in [5.41, 5.74) is 2.30. The first-order valence-electron chi connectivity index (χ1n) is 9.29. The van der Waals surface area contributed by atoms with Crippen LogP contribution in [-0.4, -0.2) is 36.6 Å². The molecule has 0 bridgehead atoms. The average Bonchev–Trinajstić information content (AvgIpc) is 3.30. The Bertz CT molecular complexity index is 860. The summed E-state index contributed by atoms with van der Waals surface area (Å²) >= 11 is 0. The van der Waals surface area contributed by atoms with Crippen molar-refractivity contribution in [1.29, 1.82) is 0 Å². The molecule has 0 amide bonds. The molecule has 0 saturated carbocycles. The first-order valence-corrected chi connectivity index (χ1v) is 9.29. The van der Waals surface area contributed by atoms with Crippen molar-refractivity contribution in [3.8, 4) is 0 Å². The number of imidazole rings is 2. The van der Waals surface area contributed by atoms with E-state index in [4.69, 9.17) is 4.98 Å². The number of aryl methyl sites for hydroxylation is 1. The highest BCUT2D eigenvalue weighted by atomic mass is 15.2. The minimum absolute atomic E-state index is 0.463. The van der Waals surface area contributed by atoms with Gasteiger partial charge < -0.3 is 9.13 Å². The van der Waals surface area contributed by atoms with Crippen LogP contribution in [0.2, 0.25) is 0 Å². The Morgan fingerprint density at radius 3 is 2.88 bits per heavy atom. The van der Waals surface area contributed by atoms with Crippen molar-refractivity contribution >= 4 is 11.0 Å². The van der Waals surface area contributed by atoms with Gasteiger partial charge in [-0.1, -0.05) is 26.0 Å². The number of benzene rings is 1. The van der Waals surface area contributed by atoms with E-state index in [-0.39, 0.29) is 0 Å². The molecular formula is C20H27N5. The van der Waals surface area contributed by atoms with Gasteiger partial charge in [-0.3, -0.25) is 4.90 Å². The molecule has 1 saturated heterocycles. The molecule has 2 aromatic heterocycles. The Kier molecular flexibility index (Phi) is 4.34. The number of fused-ring (bicyclic) bond motifs is 1. The van der Waals surface area contributed by atoms with Crippen LogP contribution < -0.4 is 0 Å². The van der Waals surface area contributed by atoms with Gasteiger partial charge in [0.15, 0.2) is 0 Å². The van der Waals surface area contributed by atoms with E-state index < -0.39 is 0 Å². The smallest absolute Gasteiger partial charge is 0.123 e. The molecule has 1 aromatic carbocycles. The van der Waals surface area contributed by atoms with Gasteiger partial charge in [-0.05, 0) is 31.5 Å². The van der Waals surface area contributed by atoms with E-state index in [9.17, 15) is 0 Å². The molecule has 1 aliphatic heterocycles. The Morgan fingerprint density at radius 1 is 1.24 bits per heavy atom. The fourth-order valence-electron chi connectivity index (χ4n) is 4.03. The van der Waals surface area contributed by atoms with E-state index in [0.29, 0.717) is 12.0 Å². The molecule has 1 aliphatic rings. The van der Waals surface area contributed by atoms with Gasteiger partial charge in [0.2, 0.25) is 0 Å². The lowest BCUT2D eigenvalue weighted by atomic mass is 10.2. The average molecular weight is 337 g/mol. The third-order valence-electron chi connectivity index (χ3n) is 5.39. The van der Waals surface area contributed by atoms with E-state index in [2.05, 4.69) is 70.4 Å². The molecule has 1 atom stereocenters. The number of hydrogen-bond donors (Lipinski definition) is 0. The van der Waals surface area contributed by atoms with Crippen LogP contribution in [0.5, 0.6) is 0 Å². The lowest BCUT2D eigenvalue weighted by Crippen LogP contribution is -2.33. The van der Waals surface area contributed by atoms with Crippen LogP contribution in [0.25, 0.3) is 11.0 Å². The molecule has 5 nitrogen and oxygen atoms in total. The Balaban J connectivity index is 1.53. The summed E-state index contributed by atoms with van der Waals surface area (Å²) in [4.78, 5) is 12.0. The van der Waals surface area contributed by atoms with Gasteiger partial charge >= 0.3 is 0 Å². The fraction of sp³-hybridized carbons (Fsp3) is 0.500. The van der Waals surface area contributed by atoms with Gasteiger partial charge in [0.25, 0.3) is 0 Å². The second kappa shape index (κ2) is 6.64. The Hall–Kier alpha value is -2.14. The van der Waals surface area contributed by atoms with Gasteiger partial charge in [-0.2, -0.15) is 0 Å². The molecule has 1 fully saturated rings. The second-order valence-electron chi connectivity index (χ2n) is 7.43. The van der Waals surface area contributed by atoms with Crippen molar-refractivity contribution in [3.05, 3.63) is 48.3 Å². The van der Waals surface area contributed by atoms with Gasteiger partial charge in [0.1, 0.15) is 11.6 Å². The molecule has 0 aliphatic carbocycles. The highest BCUT2D eigenvalue weighted by Gasteiger charge is 2.27. The highest BCUT2D eigenvalue weighted by Crippen LogP contribution is 2.24. The van der Waals surface area contributed by atoms with Crippen molar-refractivity contribution in [3.63, 3.8) is 0 Å². The first kappa shape index (κ1) is 16.3. The van der Waals surface area contributed by atoms with Gasteiger partial charge in [0, 0.05) is 37.9 Å². The van der Waals surface area contributed by atoms with Crippen molar-refractivity contribution in [1.82, 2.24) is 24.0 Å². The highest BCUT2D eigenvalue weighted by molar-refractivity contribution is 5.75. The van der Waals surface area contributed by atoms with Crippen LogP contribution in [0.4, 0.5) is 0 Å². The summed E-state index contributed by atoms with van der Waals surface area (Å²) in [5.74, 6) is 2.81. The SMILES string of the molecule is CC(C)c1nccn1C[C@H]1CCCN1Cc1nc2ccccc2n1C. The fourth-order valence-corrected chi connectivity index (χ4v) is 4.03. The molecule has 25 heavy (non-hydrogen) atoms. The van der Waals surface area contributed by atoms with Crippen molar-refractivity contribution in [2.24, 2.45) is 7.05 Å². The quantitative estimate of drug-likeness (QED) is 0.714. The van der Waals surface area contributed by atoms with Crippen LogP contribution in [0, 0.1) is 0 Å². The predicted octanol–water partition coefficient (Wildman–Crippen LogP) is 3.56. The third-order valence-corrected chi connectivity index (χ3v) is 5.39. The molecule has 4 rings (SSSR count). The van der Waals surface area contributed by atoms with E-state index in [1.807, 2.05) is 6.20 Å². The topological polar surface area (TPSA) is 38.9 Å². The molecule has 0 spiro atoms. The van der Waals surface area contributed by atoms with E-state index in [1.54, 1.807) is 0 Å². The first-order chi connectivity index (χ1) is 12.1. The number of likely N-dealkylation sites (tertiary alicyclic amines) is 1. The van der Waals surface area contributed by atoms with E-state index >= 15 is 0 Å². The number of hydrogen-bond acceptors (Lipinski definition) is 3. The summed E-state index contributed by atoms with van der Waals surface area (Å²) in [6.45, 7) is 7.52. The summed E-state index contributed by atoms with van der Waals surface area (Å²) in [6.07, 6.45) is 6.57. The number of rotatable bonds is 5. The zero-order chi connectivity index (χ0) is 17.4. The predicted molar refractivity (Wildman–Crippen MR) is 100 cm³/mol. The van der Waals surface area contributed by atoms with E-state index in [1.165, 1.54) is 24.2 Å². The second-order valence-corrected chi connectivity index (χ2v) is 7.43. The van der Waals surface area contributed by atoms with Gasteiger partial charge in [0.05, 0.1) is 17.6 Å². The minimum Gasteiger partial charge on any atom is -0.333 e. The summed E-state index contributed by atoms with van der Waals surface area (Å²) < 4.78 is 4.57. The zero-order valence-electron chi connectivity index (χ0n) is 15.4. The van der Waals surface area contributed by atoms with Crippen LogP contribution in [0.1, 0.15) is 44.3 Å². The monoisotopic (exact) mass is 337 g/mol.